The number of benzene rings is 1. The Labute approximate surface area is 119 Å². The molecular formula is C15H23BrN2. The first-order valence-corrected chi connectivity index (χ1v) is 7.64. The molecule has 0 radical (unpaired) electrons. The summed E-state index contributed by atoms with van der Waals surface area (Å²) in [6.07, 6.45) is 2.69. The van der Waals surface area contributed by atoms with Crippen molar-refractivity contribution in [1.29, 1.82) is 0 Å². The van der Waals surface area contributed by atoms with E-state index in [9.17, 15) is 0 Å². The molecule has 0 aromatic heterocycles. The molecule has 2 nitrogen and oxygen atoms in total. The van der Waals surface area contributed by atoms with Gasteiger partial charge in [-0.1, -0.05) is 28.1 Å². The Hall–Kier alpha value is -0.380. The van der Waals surface area contributed by atoms with Gasteiger partial charge in [0.1, 0.15) is 0 Å². The van der Waals surface area contributed by atoms with E-state index >= 15 is 0 Å². The second kappa shape index (κ2) is 6.69. The van der Waals surface area contributed by atoms with Crippen LogP contribution < -0.4 is 5.32 Å². The van der Waals surface area contributed by atoms with Gasteiger partial charge in [0.2, 0.25) is 0 Å². The standard InChI is InChI=1S/C15H23BrN2/c1-12(14-6-3-7-15(16)9-14)18-8-4-5-13(11-18)10-17-2/h3,6-7,9,12-13,17H,4-5,8,10-11H2,1-2H3. The van der Waals surface area contributed by atoms with Crippen LogP contribution >= 0.6 is 15.9 Å². The smallest absolute Gasteiger partial charge is 0.0320 e. The number of nitrogens with zero attached hydrogens (tertiary/aromatic N) is 1. The van der Waals surface area contributed by atoms with E-state index in [-0.39, 0.29) is 0 Å². The molecule has 1 fully saturated rings. The minimum Gasteiger partial charge on any atom is -0.319 e. The van der Waals surface area contributed by atoms with Gasteiger partial charge in [-0.25, -0.2) is 0 Å². The highest BCUT2D eigenvalue weighted by molar-refractivity contribution is 9.10. The number of rotatable bonds is 4. The fraction of sp³-hybridized carbons (Fsp3) is 0.600. The topological polar surface area (TPSA) is 15.3 Å². The summed E-state index contributed by atoms with van der Waals surface area (Å²) < 4.78 is 1.18. The van der Waals surface area contributed by atoms with Crippen molar-refractivity contribution in [2.45, 2.75) is 25.8 Å². The van der Waals surface area contributed by atoms with Gasteiger partial charge in [0, 0.05) is 17.1 Å². The van der Waals surface area contributed by atoms with E-state index in [0.717, 1.165) is 12.5 Å². The van der Waals surface area contributed by atoms with Crippen LogP contribution in [0.3, 0.4) is 0 Å². The molecular weight excluding hydrogens is 288 g/mol. The summed E-state index contributed by atoms with van der Waals surface area (Å²) in [5.41, 5.74) is 1.41. The van der Waals surface area contributed by atoms with Gasteiger partial charge >= 0.3 is 0 Å². The van der Waals surface area contributed by atoms with Gasteiger partial charge in [-0.2, -0.15) is 0 Å². The van der Waals surface area contributed by atoms with Crippen molar-refractivity contribution in [3.05, 3.63) is 34.3 Å². The third-order valence-electron chi connectivity index (χ3n) is 3.92. The first-order valence-electron chi connectivity index (χ1n) is 6.85. The summed E-state index contributed by atoms with van der Waals surface area (Å²) in [6, 6.07) is 9.21. The quantitative estimate of drug-likeness (QED) is 0.916. The van der Waals surface area contributed by atoms with Crippen LogP contribution in [0, 0.1) is 5.92 Å². The predicted molar refractivity (Wildman–Crippen MR) is 80.8 cm³/mol. The highest BCUT2D eigenvalue weighted by atomic mass is 79.9. The maximum atomic E-state index is 3.56. The molecule has 1 aromatic carbocycles. The Morgan fingerprint density at radius 1 is 1.50 bits per heavy atom. The molecule has 100 valence electrons. The molecule has 1 heterocycles. The second-order valence-electron chi connectivity index (χ2n) is 5.29. The largest absolute Gasteiger partial charge is 0.319 e. The third-order valence-corrected chi connectivity index (χ3v) is 4.42. The summed E-state index contributed by atoms with van der Waals surface area (Å²) in [5, 5.41) is 3.31. The van der Waals surface area contributed by atoms with Crippen molar-refractivity contribution >= 4 is 15.9 Å². The first-order chi connectivity index (χ1) is 8.70. The van der Waals surface area contributed by atoms with E-state index in [4.69, 9.17) is 0 Å². The van der Waals surface area contributed by atoms with Gasteiger partial charge in [-0.3, -0.25) is 4.90 Å². The maximum absolute atomic E-state index is 3.56. The van der Waals surface area contributed by atoms with Crippen LogP contribution in [0.25, 0.3) is 0 Å². The molecule has 0 aliphatic carbocycles. The highest BCUT2D eigenvalue weighted by Gasteiger charge is 2.23. The monoisotopic (exact) mass is 310 g/mol. The van der Waals surface area contributed by atoms with Crippen LogP contribution in [0.5, 0.6) is 0 Å². The molecule has 0 spiro atoms. The Bertz CT molecular complexity index is 379. The fourth-order valence-electron chi connectivity index (χ4n) is 2.88. The molecule has 2 rings (SSSR count). The average Bonchev–Trinajstić information content (AvgIpc) is 2.39. The zero-order valence-corrected chi connectivity index (χ0v) is 12.9. The molecule has 1 aliphatic heterocycles. The summed E-state index contributed by atoms with van der Waals surface area (Å²) in [4.78, 5) is 2.62. The normalized spacial score (nSPS) is 22.9. The van der Waals surface area contributed by atoms with Crippen molar-refractivity contribution in [2.24, 2.45) is 5.92 Å². The van der Waals surface area contributed by atoms with E-state index in [2.05, 4.69) is 64.4 Å². The lowest BCUT2D eigenvalue weighted by Gasteiger charge is -2.37. The van der Waals surface area contributed by atoms with Crippen molar-refractivity contribution in [3.8, 4) is 0 Å². The van der Waals surface area contributed by atoms with E-state index in [0.29, 0.717) is 6.04 Å². The summed E-state index contributed by atoms with van der Waals surface area (Å²) in [6.45, 7) is 5.91. The molecule has 1 aromatic rings. The van der Waals surface area contributed by atoms with Gasteiger partial charge in [0.25, 0.3) is 0 Å². The number of hydrogen-bond donors (Lipinski definition) is 1. The Balaban J connectivity index is 2.02. The van der Waals surface area contributed by atoms with Crippen molar-refractivity contribution in [3.63, 3.8) is 0 Å². The van der Waals surface area contributed by atoms with Crippen LogP contribution in [-0.2, 0) is 0 Å². The van der Waals surface area contributed by atoms with Gasteiger partial charge < -0.3 is 5.32 Å². The number of hydrogen-bond acceptors (Lipinski definition) is 2. The SMILES string of the molecule is CNCC1CCCN(C(C)c2cccc(Br)c2)C1. The van der Waals surface area contributed by atoms with Crippen molar-refractivity contribution < 1.29 is 0 Å². The van der Waals surface area contributed by atoms with Gasteiger partial charge in [0.05, 0.1) is 0 Å². The number of nitrogens with one attached hydrogen (secondary N) is 1. The molecule has 0 saturated carbocycles. The Morgan fingerprint density at radius 3 is 3.06 bits per heavy atom. The molecule has 2 unspecified atom stereocenters. The summed E-state index contributed by atoms with van der Waals surface area (Å²) >= 11 is 3.56. The third kappa shape index (κ3) is 3.56. The zero-order valence-electron chi connectivity index (χ0n) is 11.3. The molecule has 0 amide bonds. The molecule has 18 heavy (non-hydrogen) atoms. The molecule has 2 atom stereocenters. The first kappa shape index (κ1) is 14.0. The summed E-state index contributed by atoms with van der Waals surface area (Å²) in [5.74, 6) is 0.804. The van der Waals surface area contributed by atoms with Crippen LogP contribution in [0.1, 0.15) is 31.4 Å². The number of piperidine rings is 1. The van der Waals surface area contributed by atoms with Crippen LogP contribution in [0.15, 0.2) is 28.7 Å². The fourth-order valence-corrected chi connectivity index (χ4v) is 3.30. The molecule has 1 aliphatic rings. The Kier molecular flexibility index (Phi) is 5.22. The van der Waals surface area contributed by atoms with Gasteiger partial charge in [0.15, 0.2) is 0 Å². The lowest BCUT2D eigenvalue weighted by atomic mass is 9.95. The molecule has 1 N–H and O–H groups in total. The van der Waals surface area contributed by atoms with Crippen LogP contribution in [0.2, 0.25) is 0 Å². The predicted octanol–water partition coefficient (Wildman–Crippen LogP) is 3.44. The Morgan fingerprint density at radius 2 is 2.33 bits per heavy atom. The number of halogens is 1. The maximum Gasteiger partial charge on any atom is 0.0320 e. The van der Waals surface area contributed by atoms with Crippen LogP contribution in [0.4, 0.5) is 0 Å². The second-order valence-corrected chi connectivity index (χ2v) is 6.21. The number of likely N-dealkylation sites (tertiary alicyclic amines) is 1. The van der Waals surface area contributed by atoms with Crippen molar-refractivity contribution in [1.82, 2.24) is 10.2 Å². The van der Waals surface area contributed by atoms with E-state index in [1.54, 1.807) is 0 Å². The molecule has 3 heteroatoms. The molecule has 0 bridgehead atoms. The van der Waals surface area contributed by atoms with Gasteiger partial charge in [-0.15, -0.1) is 0 Å². The zero-order chi connectivity index (χ0) is 13.0. The van der Waals surface area contributed by atoms with Crippen molar-refractivity contribution in [2.75, 3.05) is 26.7 Å². The minimum absolute atomic E-state index is 0.516. The van der Waals surface area contributed by atoms with E-state index < -0.39 is 0 Å². The minimum atomic E-state index is 0.516. The lowest BCUT2D eigenvalue weighted by molar-refractivity contribution is 0.131. The highest BCUT2D eigenvalue weighted by Crippen LogP contribution is 2.27. The van der Waals surface area contributed by atoms with Gasteiger partial charge in [-0.05, 0) is 63.5 Å². The summed E-state index contributed by atoms with van der Waals surface area (Å²) in [7, 11) is 2.05. The lowest BCUT2D eigenvalue weighted by Crippen LogP contribution is -2.40. The van der Waals surface area contributed by atoms with Crippen LogP contribution in [-0.4, -0.2) is 31.6 Å². The van der Waals surface area contributed by atoms with E-state index in [1.807, 2.05) is 0 Å². The van der Waals surface area contributed by atoms with E-state index in [1.165, 1.54) is 36.0 Å². The molecule has 1 saturated heterocycles. The average molecular weight is 311 g/mol.